The van der Waals surface area contributed by atoms with Crippen molar-refractivity contribution in [2.45, 2.75) is 13.0 Å². The summed E-state index contributed by atoms with van der Waals surface area (Å²) in [6.45, 7) is 2.99. The van der Waals surface area contributed by atoms with Crippen LogP contribution in [-0.4, -0.2) is 13.7 Å². The molecule has 0 saturated carbocycles. The van der Waals surface area contributed by atoms with E-state index in [0.29, 0.717) is 10.8 Å². The highest BCUT2D eigenvalue weighted by atomic mass is 79.9. The van der Waals surface area contributed by atoms with E-state index in [1.54, 1.807) is 18.4 Å². The lowest BCUT2D eigenvalue weighted by Crippen LogP contribution is -2.21. The number of nitrogens with one attached hydrogen (secondary N) is 1. The first kappa shape index (κ1) is 14.9. The largest absolute Gasteiger partial charge is 0.495 e. The normalized spacial score (nSPS) is 12.4. The van der Waals surface area contributed by atoms with Crippen molar-refractivity contribution < 1.29 is 4.74 Å². The van der Waals surface area contributed by atoms with E-state index in [4.69, 9.17) is 16.3 Å². The molecule has 1 aromatic carbocycles. The number of ether oxygens (including phenoxy) is 1. The van der Waals surface area contributed by atoms with Gasteiger partial charge in [-0.1, -0.05) is 24.6 Å². The van der Waals surface area contributed by atoms with E-state index in [-0.39, 0.29) is 6.04 Å². The Morgan fingerprint density at radius 1 is 1.37 bits per heavy atom. The zero-order chi connectivity index (χ0) is 13.8. The molecule has 5 heteroatoms. The molecule has 1 N–H and O–H groups in total. The summed E-state index contributed by atoms with van der Waals surface area (Å²) >= 11 is 11.3. The monoisotopic (exact) mass is 359 g/mol. The van der Waals surface area contributed by atoms with Crippen LogP contribution in [0.15, 0.2) is 33.4 Å². The molecule has 102 valence electrons. The lowest BCUT2D eigenvalue weighted by molar-refractivity contribution is 0.414. The summed E-state index contributed by atoms with van der Waals surface area (Å²) in [6.07, 6.45) is 0. The third kappa shape index (κ3) is 3.51. The Hall–Kier alpha value is -0.550. The van der Waals surface area contributed by atoms with Gasteiger partial charge in [0.1, 0.15) is 5.75 Å². The van der Waals surface area contributed by atoms with Gasteiger partial charge in [-0.05, 0) is 57.2 Å². The molecule has 0 spiro atoms. The molecule has 2 rings (SSSR count). The number of hydrogen-bond acceptors (Lipinski definition) is 3. The summed E-state index contributed by atoms with van der Waals surface area (Å²) in [7, 11) is 1.63. The lowest BCUT2D eigenvalue weighted by Gasteiger charge is -2.18. The van der Waals surface area contributed by atoms with Gasteiger partial charge in [-0.25, -0.2) is 0 Å². The summed E-state index contributed by atoms with van der Waals surface area (Å²) in [5.41, 5.74) is 2.39. The molecule has 0 fully saturated rings. The third-order valence-corrected chi connectivity index (χ3v) is 4.67. The Morgan fingerprint density at radius 2 is 2.16 bits per heavy atom. The summed E-state index contributed by atoms with van der Waals surface area (Å²) < 4.78 is 6.42. The summed E-state index contributed by atoms with van der Waals surface area (Å²) in [5.74, 6) is 0.705. The van der Waals surface area contributed by atoms with Crippen LogP contribution in [0.1, 0.15) is 24.1 Å². The fourth-order valence-corrected chi connectivity index (χ4v) is 3.36. The predicted octanol–water partition coefficient (Wildman–Crippen LogP) is 4.87. The second-order valence-corrected chi connectivity index (χ2v) is 6.77. The maximum absolute atomic E-state index is 6.08. The summed E-state index contributed by atoms with van der Waals surface area (Å²) in [4.78, 5) is 0. The average Bonchev–Trinajstić information content (AvgIpc) is 2.83. The van der Waals surface area contributed by atoms with Crippen LogP contribution in [0.25, 0.3) is 0 Å². The quantitative estimate of drug-likeness (QED) is 0.821. The molecule has 0 saturated heterocycles. The highest BCUT2D eigenvalue weighted by molar-refractivity contribution is 9.11. The van der Waals surface area contributed by atoms with Crippen LogP contribution in [0.4, 0.5) is 0 Å². The van der Waals surface area contributed by atoms with E-state index in [9.17, 15) is 0 Å². The topological polar surface area (TPSA) is 21.3 Å². The molecule has 0 bridgehead atoms. The average molecular weight is 361 g/mol. The minimum atomic E-state index is 0.152. The predicted molar refractivity (Wildman–Crippen MR) is 85.5 cm³/mol. The fraction of sp³-hybridized carbons (Fsp3) is 0.286. The molecule has 0 aliphatic rings. The third-order valence-electron chi connectivity index (χ3n) is 2.84. The smallest absolute Gasteiger partial charge is 0.137 e. The first-order valence-electron chi connectivity index (χ1n) is 5.96. The van der Waals surface area contributed by atoms with Crippen LogP contribution in [0.5, 0.6) is 5.75 Å². The van der Waals surface area contributed by atoms with Crippen LogP contribution in [-0.2, 0) is 0 Å². The molecule has 1 heterocycles. The van der Waals surface area contributed by atoms with Gasteiger partial charge in [0.15, 0.2) is 0 Å². The number of rotatable bonds is 5. The Morgan fingerprint density at radius 3 is 2.74 bits per heavy atom. The van der Waals surface area contributed by atoms with Gasteiger partial charge in [-0.3, -0.25) is 0 Å². The summed E-state index contributed by atoms with van der Waals surface area (Å²) in [6, 6.07) is 8.18. The second kappa shape index (κ2) is 6.75. The van der Waals surface area contributed by atoms with Crippen molar-refractivity contribution in [3.05, 3.63) is 49.6 Å². The van der Waals surface area contributed by atoms with Gasteiger partial charge in [-0.15, -0.1) is 11.3 Å². The van der Waals surface area contributed by atoms with Crippen molar-refractivity contribution in [2.75, 3.05) is 13.7 Å². The van der Waals surface area contributed by atoms with Gasteiger partial charge in [0.25, 0.3) is 0 Å². The number of methoxy groups -OCH3 is 1. The van der Waals surface area contributed by atoms with Crippen LogP contribution in [0, 0.1) is 0 Å². The first-order valence-corrected chi connectivity index (χ1v) is 8.01. The van der Waals surface area contributed by atoms with Crippen LogP contribution in [0.2, 0.25) is 5.02 Å². The van der Waals surface area contributed by atoms with Crippen molar-refractivity contribution in [1.29, 1.82) is 0 Å². The zero-order valence-corrected chi connectivity index (χ0v) is 13.9. The van der Waals surface area contributed by atoms with E-state index in [0.717, 1.165) is 15.9 Å². The van der Waals surface area contributed by atoms with Crippen molar-refractivity contribution in [2.24, 2.45) is 0 Å². The minimum absolute atomic E-state index is 0.152. The molecule has 0 amide bonds. The molecule has 1 unspecified atom stereocenters. The van der Waals surface area contributed by atoms with Gasteiger partial charge in [0.05, 0.1) is 22.0 Å². The highest BCUT2D eigenvalue weighted by Gasteiger charge is 2.16. The van der Waals surface area contributed by atoms with Crippen molar-refractivity contribution >= 4 is 38.9 Å². The number of hydrogen-bond donors (Lipinski definition) is 1. The zero-order valence-electron chi connectivity index (χ0n) is 10.7. The van der Waals surface area contributed by atoms with Crippen molar-refractivity contribution in [1.82, 2.24) is 5.32 Å². The first-order chi connectivity index (χ1) is 9.15. The van der Waals surface area contributed by atoms with Crippen LogP contribution < -0.4 is 10.1 Å². The van der Waals surface area contributed by atoms with Crippen molar-refractivity contribution in [3.63, 3.8) is 0 Å². The molecule has 1 aromatic heterocycles. The van der Waals surface area contributed by atoms with Crippen LogP contribution in [0.3, 0.4) is 0 Å². The maximum atomic E-state index is 6.08. The molecule has 0 aliphatic carbocycles. The molecule has 2 nitrogen and oxygen atoms in total. The molecule has 2 aromatic rings. The van der Waals surface area contributed by atoms with E-state index in [2.05, 4.69) is 39.6 Å². The van der Waals surface area contributed by atoms with Gasteiger partial charge in [0.2, 0.25) is 0 Å². The molecular weight excluding hydrogens is 346 g/mol. The number of benzene rings is 1. The number of halogens is 2. The molecule has 0 aliphatic heterocycles. The molecular formula is C14H15BrClNOS. The Labute approximate surface area is 130 Å². The Balaban J connectivity index is 2.38. The molecule has 0 radical (unpaired) electrons. The van der Waals surface area contributed by atoms with Gasteiger partial charge >= 0.3 is 0 Å². The van der Waals surface area contributed by atoms with E-state index in [1.807, 2.05) is 18.2 Å². The maximum Gasteiger partial charge on any atom is 0.137 e. The fourth-order valence-electron chi connectivity index (χ4n) is 1.96. The Kier molecular flexibility index (Phi) is 5.28. The number of thiophene rings is 1. The van der Waals surface area contributed by atoms with Crippen LogP contribution >= 0.6 is 38.9 Å². The van der Waals surface area contributed by atoms with Gasteiger partial charge < -0.3 is 10.1 Å². The summed E-state index contributed by atoms with van der Waals surface area (Å²) in [5, 5.41) is 6.27. The second-order valence-electron chi connectivity index (χ2n) is 4.07. The standard InChI is InChI=1S/C14H15BrClNOS/c1-3-17-14(10-7-13(15)19-8-10)9-4-5-11(16)12(6-9)18-2/h4-8,14,17H,3H2,1-2H3. The minimum Gasteiger partial charge on any atom is -0.495 e. The van der Waals surface area contributed by atoms with E-state index in [1.165, 1.54) is 5.56 Å². The van der Waals surface area contributed by atoms with E-state index >= 15 is 0 Å². The molecule has 19 heavy (non-hydrogen) atoms. The van der Waals surface area contributed by atoms with Gasteiger partial charge in [0, 0.05) is 0 Å². The lowest BCUT2D eigenvalue weighted by atomic mass is 10.0. The van der Waals surface area contributed by atoms with E-state index < -0.39 is 0 Å². The molecule has 1 atom stereocenters. The highest BCUT2D eigenvalue weighted by Crippen LogP contribution is 2.33. The van der Waals surface area contributed by atoms with Gasteiger partial charge in [-0.2, -0.15) is 0 Å². The Bertz CT molecular complexity index is 558. The van der Waals surface area contributed by atoms with Crippen molar-refractivity contribution in [3.8, 4) is 5.75 Å². The SMILES string of the molecule is CCNC(c1csc(Br)c1)c1ccc(Cl)c(OC)c1.